The van der Waals surface area contributed by atoms with Crippen molar-refractivity contribution in [1.82, 2.24) is 14.5 Å². The van der Waals surface area contributed by atoms with Gasteiger partial charge in [0.1, 0.15) is 0 Å². The molecule has 0 amide bonds. The maximum Gasteiger partial charge on any atom is 0.179 e. The number of nitrogens with zero attached hydrogens (tertiary/aromatic N) is 2. The predicted molar refractivity (Wildman–Crippen MR) is 76.5 cm³/mol. The lowest BCUT2D eigenvalue weighted by atomic mass is 10.0. The number of aromatic nitrogens is 3. The van der Waals surface area contributed by atoms with Gasteiger partial charge in [-0.3, -0.25) is 4.57 Å². The maximum absolute atomic E-state index is 5.96. The minimum Gasteiger partial charge on any atom is -0.329 e. The van der Waals surface area contributed by atoms with Crippen molar-refractivity contribution in [2.45, 2.75) is 33.7 Å². The van der Waals surface area contributed by atoms with Gasteiger partial charge in [-0.15, -0.1) is 0 Å². The summed E-state index contributed by atoms with van der Waals surface area (Å²) in [5.41, 5.74) is 2.25. The molecule has 3 rings (SSSR count). The van der Waals surface area contributed by atoms with Gasteiger partial charge in [-0.25, -0.2) is 4.98 Å². The number of halogens is 1. The van der Waals surface area contributed by atoms with Gasteiger partial charge < -0.3 is 4.98 Å². The molecule has 0 radical (unpaired) electrons. The van der Waals surface area contributed by atoms with Crippen LogP contribution in [0.25, 0.3) is 11.2 Å². The monoisotopic (exact) mass is 281 g/mol. The first-order valence-electron chi connectivity index (χ1n) is 6.02. The first-order valence-corrected chi connectivity index (χ1v) is 6.81. The molecule has 1 aliphatic rings. The van der Waals surface area contributed by atoms with Crippen LogP contribution in [0.5, 0.6) is 0 Å². The van der Waals surface area contributed by atoms with Gasteiger partial charge >= 0.3 is 0 Å². The second-order valence-corrected chi connectivity index (χ2v) is 6.99. The van der Waals surface area contributed by atoms with E-state index in [1.807, 2.05) is 6.07 Å². The Labute approximate surface area is 116 Å². The third kappa shape index (κ3) is 1.36. The first-order chi connectivity index (χ1) is 8.26. The molecule has 18 heavy (non-hydrogen) atoms. The fourth-order valence-electron chi connectivity index (χ4n) is 3.03. The van der Waals surface area contributed by atoms with Crippen LogP contribution in [-0.2, 0) is 0 Å². The Kier molecular flexibility index (Phi) is 2.28. The average molecular weight is 282 g/mol. The molecular formula is C13H16ClN3S. The number of pyridine rings is 1. The van der Waals surface area contributed by atoms with Gasteiger partial charge in [0.2, 0.25) is 0 Å². The van der Waals surface area contributed by atoms with Gasteiger partial charge in [0, 0.05) is 12.2 Å². The van der Waals surface area contributed by atoms with Crippen molar-refractivity contribution in [1.29, 1.82) is 0 Å². The summed E-state index contributed by atoms with van der Waals surface area (Å²) in [5, 5.41) is 0.625. The van der Waals surface area contributed by atoms with E-state index < -0.39 is 0 Å². The lowest BCUT2D eigenvalue weighted by Crippen LogP contribution is -2.01. The molecule has 0 aromatic carbocycles. The van der Waals surface area contributed by atoms with Crippen molar-refractivity contribution in [3.63, 3.8) is 0 Å². The Morgan fingerprint density at radius 3 is 2.50 bits per heavy atom. The Morgan fingerprint density at radius 1 is 1.33 bits per heavy atom. The Hall–Kier alpha value is -0.870. The van der Waals surface area contributed by atoms with Crippen LogP contribution in [0.3, 0.4) is 0 Å². The van der Waals surface area contributed by atoms with E-state index in [4.69, 9.17) is 23.8 Å². The highest BCUT2D eigenvalue weighted by atomic mass is 35.5. The van der Waals surface area contributed by atoms with E-state index in [1.54, 1.807) is 6.20 Å². The number of imidazole rings is 1. The van der Waals surface area contributed by atoms with E-state index >= 15 is 0 Å². The van der Waals surface area contributed by atoms with Gasteiger partial charge in [0.05, 0.1) is 10.5 Å². The Morgan fingerprint density at radius 2 is 1.94 bits per heavy atom. The van der Waals surface area contributed by atoms with Crippen LogP contribution in [0.1, 0.15) is 33.7 Å². The summed E-state index contributed by atoms with van der Waals surface area (Å²) >= 11 is 11.4. The van der Waals surface area contributed by atoms with Crippen molar-refractivity contribution >= 4 is 35.0 Å². The third-order valence-corrected chi connectivity index (χ3v) is 5.23. The van der Waals surface area contributed by atoms with Crippen LogP contribution in [0.4, 0.5) is 0 Å². The molecule has 2 aromatic heterocycles. The van der Waals surface area contributed by atoms with E-state index in [1.165, 1.54) is 0 Å². The van der Waals surface area contributed by atoms with Crippen molar-refractivity contribution in [3.05, 3.63) is 22.1 Å². The van der Waals surface area contributed by atoms with Crippen LogP contribution in [0.15, 0.2) is 12.3 Å². The first kappa shape index (κ1) is 12.2. The third-order valence-electron chi connectivity index (χ3n) is 4.72. The largest absolute Gasteiger partial charge is 0.329 e. The Balaban J connectivity index is 2.26. The molecule has 1 aliphatic carbocycles. The number of fused-ring (bicyclic) bond motifs is 1. The molecular weight excluding hydrogens is 266 g/mol. The van der Waals surface area contributed by atoms with Crippen LogP contribution in [0.2, 0.25) is 5.02 Å². The average Bonchev–Trinajstić information content (AvgIpc) is 2.52. The zero-order valence-corrected chi connectivity index (χ0v) is 12.5. The lowest BCUT2D eigenvalue weighted by Gasteiger charge is -2.05. The van der Waals surface area contributed by atoms with Crippen molar-refractivity contribution < 1.29 is 0 Å². The number of hydrogen-bond acceptors (Lipinski definition) is 2. The standard InChI is InChI=1S/C13H16ClN3S/c1-12(2)10(13(12,3)4)17-9-8(16-11(17)18)5-7(14)6-15-9/h5-6,10H,1-4H3,(H,16,18). The summed E-state index contributed by atoms with van der Waals surface area (Å²) in [6.45, 7) is 9.09. The van der Waals surface area contributed by atoms with E-state index in [-0.39, 0.29) is 10.8 Å². The summed E-state index contributed by atoms with van der Waals surface area (Å²) in [7, 11) is 0. The molecule has 0 aliphatic heterocycles. The van der Waals surface area contributed by atoms with Crippen LogP contribution in [-0.4, -0.2) is 14.5 Å². The molecule has 1 saturated carbocycles. The van der Waals surface area contributed by atoms with Crippen LogP contribution >= 0.6 is 23.8 Å². The molecule has 3 nitrogen and oxygen atoms in total. The Bertz CT molecular complexity index is 682. The predicted octanol–water partition coefficient (Wildman–Crippen LogP) is 4.35. The van der Waals surface area contributed by atoms with Gasteiger partial charge in [-0.1, -0.05) is 39.3 Å². The van der Waals surface area contributed by atoms with Crippen molar-refractivity contribution in [2.75, 3.05) is 0 Å². The minimum atomic E-state index is 0.224. The van der Waals surface area contributed by atoms with E-state index in [9.17, 15) is 0 Å². The van der Waals surface area contributed by atoms with E-state index in [2.05, 4.69) is 42.2 Å². The summed E-state index contributed by atoms with van der Waals surface area (Å²) in [6, 6.07) is 2.25. The fraction of sp³-hybridized carbons (Fsp3) is 0.538. The van der Waals surface area contributed by atoms with Crippen molar-refractivity contribution in [3.8, 4) is 0 Å². The zero-order valence-electron chi connectivity index (χ0n) is 10.9. The molecule has 0 spiro atoms. The number of H-pyrrole nitrogens is 1. The maximum atomic E-state index is 5.96. The molecule has 0 unspecified atom stereocenters. The normalized spacial score (nSPS) is 21.4. The summed E-state index contributed by atoms with van der Waals surface area (Å²) in [6.07, 6.45) is 1.67. The van der Waals surface area contributed by atoms with Crippen molar-refractivity contribution in [2.24, 2.45) is 10.8 Å². The second kappa shape index (κ2) is 3.36. The molecule has 2 aromatic rings. The fourth-order valence-corrected chi connectivity index (χ4v) is 3.49. The highest BCUT2D eigenvalue weighted by molar-refractivity contribution is 7.71. The number of hydrogen-bond donors (Lipinski definition) is 1. The highest BCUT2D eigenvalue weighted by Gasteiger charge is 2.66. The second-order valence-electron chi connectivity index (χ2n) is 6.17. The molecule has 1 N–H and O–H groups in total. The van der Waals surface area contributed by atoms with Gasteiger partial charge in [0.25, 0.3) is 0 Å². The number of nitrogens with one attached hydrogen (secondary N) is 1. The molecule has 96 valence electrons. The van der Waals surface area contributed by atoms with Gasteiger partial charge in [-0.05, 0) is 29.1 Å². The molecule has 0 saturated heterocycles. The molecule has 2 heterocycles. The van der Waals surface area contributed by atoms with Crippen LogP contribution < -0.4 is 0 Å². The SMILES string of the molecule is CC1(C)C(n2c(=S)[nH]c3cc(Cl)cnc32)C1(C)C. The molecule has 0 bridgehead atoms. The quantitative estimate of drug-likeness (QED) is 0.788. The summed E-state index contributed by atoms with van der Waals surface area (Å²) < 4.78 is 2.87. The summed E-state index contributed by atoms with van der Waals surface area (Å²) in [5.74, 6) is 0. The molecule has 5 heteroatoms. The smallest absolute Gasteiger partial charge is 0.179 e. The molecule has 1 fully saturated rings. The number of aromatic amines is 1. The van der Waals surface area contributed by atoms with Gasteiger partial charge in [-0.2, -0.15) is 0 Å². The van der Waals surface area contributed by atoms with Crippen LogP contribution in [0, 0.1) is 15.6 Å². The van der Waals surface area contributed by atoms with Gasteiger partial charge in [0.15, 0.2) is 10.4 Å². The zero-order chi connectivity index (χ0) is 13.3. The van der Waals surface area contributed by atoms with E-state index in [0.29, 0.717) is 11.1 Å². The molecule has 0 atom stereocenters. The topological polar surface area (TPSA) is 33.6 Å². The lowest BCUT2D eigenvalue weighted by molar-refractivity contribution is 0.457. The highest BCUT2D eigenvalue weighted by Crippen LogP contribution is 2.71. The van der Waals surface area contributed by atoms with E-state index in [0.717, 1.165) is 15.9 Å². The summed E-state index contributed by atoms with van der Waals surface area (Å²) in [4.78, 5) is 7.62. The number of rotatable bonds is 1. The minimum absolute atomic E-state index is 0.224.